The fourth-order valence-corrected chi connectivity index (χ4v) is 2.26. The van der Waals surface area contributed by atoms with Crippen molar-refractivity contribution >= 4 is 22.6 Å². The van der Waals surface area contributed by atoms with Crippen LogP contribution in [0.25, 0.3) is 5.69 Å². The first-order valence-electron chi connectivity index (χ1n) is 4.17. The van der Waals surface area contributed by atoms with E-state index in [2.05, 4.69) is 70.6 Å². The summed E-state index contributed by atoms with van der Waals surface area (Å²) in [6.07, 6.45) is 2.15. The standard InChI is InChI=1S/C11H10IN/c1-9-7-11(12)13(8-9)10-5-3-2-4-6-10/h2-8H,1H3. The molecule has 0 aliphatic heterocycles. The molecule has 13 heavy (non-hydrogen) atoms. The van der Waals surface area contributed by atoms with E-state index in [-0.39, 0.29) is 0 Å². The van der Waals surface area contributed by atoms with Gasteiger partial charge in [0.05, 0.1) is 3.70 Å². The highest BCUT2D eigenvalue weighted by molar-refractivity contribution is 14.1. The van der Waals surface area contributed by atoms with Crippen molar-refractivity contribution in [3.05, 3.63) is 51.9 Å². The van der Waals surface area contributed by atoms with Crippen molar-refractivity contribution in [2.24, 2.45) is 0 Å². The van der Waals surface area contributed by atoms with E-state index in [9.17, 15) is 0 Å². The van der Waals surface area contributed by atoms with Gasteiger partial charge in [0, 0.05) is 11.9 Å². The van der Waals surface area contributed by atoms with Crippen LogP contribution < -0.4 is 0 Å². The first-order valence-corrected chi connectivity index (χ1v) is 5.25. The van der Waals surface area contributed by atoms with Gasteiger partial charge in [0.25, 0.3) is 0 Å². The SMILES string of the molecule is Cc1cc(I)n(-c2ccccc2)c1. The van der Waals surface area contributed by atoms with Crippen molar-refractivity contribution in [2.45, 2.75) is 6.92 Å². The van der Waals surface area contributed by atoms with Crippen LogP contribution in [0.4, 0.5) is 0 Å². The molecule has 2 aromatic rings. The second kappa shape index (κ2) is 3.54. The molecule has 66 valence electrons. The van der Waals surface area contributed by atoms with Crippen LogP contribution in [-0.2, 0) is 0 Å². The van der Waals surface area contributed by atoms with Gasteiger partial charge in [-0.3, -0.25) is 0 Å². The minimum Gasteiger partial charge on any atom is -0.312 e. The number of aryl methyl sites for hydroxylation is 1. The Morgan fingerprint density at radius 3 is 2.38 bits per heavy atom. The van der Waals surface area contributed by atoms with E-state index in [1.807, 2.05) is 6.07 Å². The first-order chi connectivity index (χ1) is 6.27. The quantitative estimate of drug-likeness (QED) is 0.707. The predicted molar refractivity (Wildman–Crippen MR) is 63.2 cm³/mol. The lowest BCUT2D eigenvalue weighted by atomic mass is 10.3. The predicted octanol–water partition coefficient (Wildman–Crippen LogP) is 3.39. The maximum absolute atomic E-state index is 2.35. The first kappa shape index (κ1) is 8.81. The molecule has 1 aromatic carbocycles. The van der Waals surface area contributed by atoms with Gasteiger partial charge in [-0.05, 0) is 53.3 Å². The number of rotatable bonds is 1. The van der Waals surface area contributed by atoms with Gasteiger partial charge in [-0.25, -0.2) is 0 Å². The summed E-state index contributed by atoms with van der Waals surface area (Å²) in [5, 5.41) is 0. The van der Waals surface area contributed by atoms with Crippen LogP contribution in [0.2, 0.25) is 0 Å². The zero-order chi connectivity index (χ0) is 9.26. The van der Waals surface area contributed by atoms with Crippen LogP contribution >= 0.6 is 22.6 Å². The third kappa shape index (κ3) is 1.77. The van der Waals surface area contributed by atoms with Gasteiger partial charge in [0.2, 0.25) is 0 Å². The van der Waals surface area contributed by atoms with Crippen molar-refractivity contribution < 1.29 is 0 Å². The van der Waals surface area contributed by atoms with E-state index >= 15 is 0 Å². The molecule has 1 nitrogen and oxygen atoms in total. The molecule has 0 aliphatic carbocycles. The van der Waals surface area contributed by atoms with E-state index in [1.54, 1.807) is 0 Å². The Morgan fingerprint density at radius 2 is 1.85 bits per heavy atom. The van der Waals surface area contributed by atoms with Crippen molar-refractivity contribution in [3.8, 4) is 5.69 Å². The fraction of sp³-hybridized carbons (Fsp3) is 0.0909. The molecule has 1 aromatic heterocycles. The monoisotopic (exact) mass is 283 g/mol. The third-order valence-corrected chi connectivity index (χ3v) is 2.78. The highest BCUT2D eigenvalue weighted by Gasteiger charge is 2.00. The molecule has 2 heteroatoms. The minimum absolute atomic E-state index is 1.22. The van der Waals surface area contributed by atoms with E-state index in [4.69, 9.17) is 0 Å². The zero-order valence-corrected chi connectivity index (χ0v) is 9.52. The summed E-state index contributed by atoms with van der Waals surface area (Å²) in [6.45, 7) is 2.11. The summed E-state index contributed by atoms with van der Waals surface area (Å²) in [4.78, 5) is 0. The second-order valence-electron chi connectivity index (χ2n) is 3.05. The molecule has 2 rings (SSSR count). The van der Waals surface area contributed by atoms with Gasteiger partial charge in [-0.2, -0.15) is 0 Å². The Hall–Kier alpha value is -0.770. The minimum atomic E-state index is 1.22. The lowest BCUT2D eigenvalue weighted by molar-refractivity contribution is 1.04. The summed E-state index contributed by atoms with van der Waals surface area (Å²) in [7, 11) is 0. The number of hydrogen-bond donors (Lipinski definition) is 0. The van der Waals surface area contributed by atoms with E-state index in [0.29, 0.717) is 0 Å². The van der Waals surface area contributed by atoms with Crippen molar-refractivity contribution in [3.63, 3.8) is 0 Å². The Labute approximate surface area is 91.5 Å². The number of halogens is 1. The molecule has 0 unspecified atom stereocenters. The molecule has 0 saturated heterocycles. The maximum atomic E-state index is 2.35. The lowest BCUT2D eigenvalue weighted by Crippen LogP contribution is -1.92. The van der Waals surface area contributed by atoms with Crippen molar-refractivity contribution in [1.82, 2.24) is 4.57 Å². The largest absolute Gasteiger partial charge is 0.312 e. The fourth-order valence-electron chi connectivity index (χ4n) is 1.35. The molecule has 0 spiro atoms. The van der Waals surface area contributed by atoms with Gasteiger partial charge >= 0.3 is 0 Å². The molecular weight excluding hydrogens is 273 g/mol. The molecule has 1 heterocycles. The number of hydrogen-bond acceptors (Lipinski definition) is 0. The van der Waals surface area contributed by atoms with Gasteiger partial charge < -0.3 is 4.57 Å². The smallest absolute Gasteiger partial charge is 0.0846 e. The summed E-state index contributed by atoms with van der Waals surface area (Å²) in [5.41, 5.74) is 2.52. The van der Waals surface area contributed by atoms with Crippen molar-refractivity contribution in [1.29, 1.82) is 0 Å². The highest BCUT2D eigenvalue weighted by atomic mass is 127. The van der Waals surface area contributed by atoms with Crippen LogP contribution in [-0.4, -0.2) is 4.57 Å². The molecule has 0 radical (unpaired) electrons. The van der Waals surface area contributed by atoms with Gasteiger partial charge in [0.15, 0.2) is 0 Å². The summed E-state index contributed by atoms with van der Waals surface area (Å²) in [5.74, 6) is 0. The van der Waals surface area contributed by atoms with E-state index in [1.165, 1.54) is 15.0 Å². The van der Waals surface area contributed by atoms with Crippen LogP contribution in [0.3, 0.4) is 0 Å². The molecule has 0 bridgehead atoms. The topological polar surface area (TPSA) is 4.93 Å². The zero-order valence-electron chi connectivity index (χ0n) is 7.37. The van der Waals surface area contributed by atoms with Crippen LogP contribution in [0.1, 0.15) is 5.56 Å². The number of para-hydroxylation sites is 1. The Morgan fingerprint density at radius 1 is 1.15 bits per heavy atom. The molecule has 0 amide bonds. The molecule has 0 atom stereocenters. The Balaban J connectivity index is 2.53. The lowest BCUT2D eigenvalue weighted by Gasteiger charge is -2.03. The highest BCUT2D eigenvalue weighted by Crippen LogP contribution is 2.16. The van der Waals surface area contributed by atoms with E-state index in [0.717, 1.165) is 0 Å². The summed E-state index contributed by atoms with van der Waals surface area (Å²) >= 11 is 2.35. The second-order valence-corrected chi connectivity index (χ2v) is 4.15. The molecule has 0 fully saturated rings. The maximum Gasteiger partial charge on any atom is 0.0846 e. The normalized spacial score (nSPS) is 10.3. The molecule has 0 aliphatic rings. The number of benzene rings is 1. The Bertz CT molecular complexity index is 403. The number of nitrogens with zero attached hydrogens (tertiary/aromatic N) is 1. The van der Waals surface area contributed by atoms with Crippen molar-refractivity contribution in [2.75, 3.05) is 0 Å². The summed E-state index contributed by atoms with van der Waals surface area (Å²) < 4.78 is 3.44. The Kier molecular flexibility index (Phi) is 2.40. The third-order valence-electron chi connectivity index (χ3n) is 1.94. The average Bonchev–Trinajstić information content (AvgIpc) is 2.47. The van der Waals surface area contributed by atoms with E-state index < -0.39 is 0 Å². The molecule has 0 saturated carbocycles. The van der Waals surface area contributed by atoms with Gasteiger partial charge in [-0.1, -0.05) is 18.2 Å². The summed E-state index contributed by atoms with van der Waals surface area (Å²) in [6, 6.07) is 12.5. The van der Waals surface area contributed by atoms with Crippen LogP contribution in [0, 0.1) is 10.6 Å². The molecular formula is C11H10IN. The number of aromatic nitrogens is 1. The van der Waals surface area contributed by atoms with Gasteiger partial charge in [0.1, 0.15) is 0 Å². The van der Waals surface area contributed by atoms with Crippen LogP contribution in [0.15, 0.2) is 42.6 Å². The molecule has 0 N–H and O–H groups in total. The van der Waals surface area contributed by atoms with Crippen LogP contribution in [0.5, 0.6) is 0 Å². The average molecular weight is 283 g/mol. The van der Waals surface area contributed by atoms with Gasteiger partial charge in [-0.15, -0.1) is 0 Å².